The minimum Gasteiger partial charge on any atom is -0.235 e. The minimum atomic E-state index is -3.76. The van der Waals surface area contributed by atoms with E-state index in [1.54, 1.807) is 12.1 Å². The van der Waals surface area contributed by atoms with Gasteiger partial charge in [-0.2, -0.15) is 0 Å². The largest absolute Gasteiger partial charge is 0.268 e. The third kappa shape index (κ3) is 5.76. The summed E-state index contributed by atoms with van der Waals surface area (Å²) in [6.45, 7) is 10.7. The Labute approximate surface area is 187 Å². The zero-order valence-corrected chi connectivity index (χ0v) is 20.0. The highest BCUT2D eigenvalue weighted by atomic mass is 32.2. The standard InChI is InChI=1S/C27H33NO2S/c1-20(2)18-23-8-12-25(13-9-23)28(26-14-10-24(11-15-26)19-21(3)4)31(29,30)27-16-6-22(5)7-17-27/h6-17,20-21H,18-19H2,1-5H3. The molecule has 0 amide bonds. The fraction of sp³-hybridized carbons (Fsp3) is 0.333. The highest BCUT2D eigenvalue weighted by Gasteiger charge is 2.26. The first-order valence-electron chi connectivity index (χ1n) is 11.0. The molecular weight excluding hydrogens is 402 g/mol. The highest BCUT2D eigenvalue weighted by molar-refractivity contribution is 7.93. The average molecular weight is 436 g/mol. The Balaban J connectivity index is 2.06. The first-order chi connectivity index (χ1) is 14.7. The van der Waals surface area contributed by atoms with Crippen LogP contribution in [0.4, 0.5) is 11.4 Å². The summed E-state index contributed by atoms with van der Waals surface area (Å²) in [5, 5.41) is 0. The number of sulfonamides is 1. The van der Waals surface area contributed by atoms with E-state index in [1.165, 1.54) is 15.4 Å². The molecule has 3 rings (SSSR count). The molecule has 0 saturated carbocycles. The number of hydrogen-bond donors (Lipinski definition) is 0. The molecular formula is C27H33NO2S. The third-order valence-electron chi connectivity index (χ3n) is 5.19. The highest BCUT2D eigenvalue weighted by Crippen LogP contribution is 2.33. The van der Waals surface area contributed by atoms with E-state index in [1.807, 2.05) is 67.6 Å². The first-order valence-corrected chi connectivity index (χ1v) is 12.4. The number of anilines is 2. The molecule has 0 aromatic heterocycles. The molecule has 3 aromatic carbocycles. The number of aryl methyl sites for hydroxylation is 1. The number of rotatable bonds is 8. The molecule has 0 spiro atoms. The van der Waals surface area contributed by atoms with Crippen molar-refractivity contribution >= 4 is 21.4 Å². The van der Waals surface area contributed by atoms with Crippen LogP contribution in [-0.4, -0.2) is 8.42 Å². The van der Waals surface area contributed by atoms with Gasteiger partial charge in [0.1, 0.15) is 0 Å². The van der Waals surface area contributed by atoms with Gasteiger partial charge in [0, 0.05) is 0 Å². The quantitative estimate of drug-likeness (QED) is 0.385. The third-order valence-corrected chi connectivity index (χ3v) is 6.96. The summed E-state index contributed by atoms with van der Waals surface area (Å²) in [7, 11) is -3.76. The Kier molecular flexibility index (Phi) is 7.22. The van der Waals surface area contributed by atoms with Gasteiger partial charge in [-0.1, -0.05) is 69.7 Å². The summed E-state index contributed by atoms with van der Waals surface area (Å²) in [6, 6.07) is 22.8. The van der Waals surface area contributed by atoms with E-state index in [4.69, 9.17) is 0 Å². The molecule has 31 heavy (non-hydrogen) atoms. The minimum absolute atomic E-state index is 0.288. The predicted molar refractivity (Wildman–Crippen MR) is 130 cm³/mol. The fourth-order valence-corrected chi connectivity index (χ4v) is 5.21. The second-order valence-electron chi connectivity index (χ2n) is 9.11. The lowest BCUT2D eigenvalue weighted by molar-refractivity contribution is 0.596. The van der Waals surface area contributed by atoms with Gasteiger partial charge in [-0.25, -0.2) is 12.7 Å². The Bertz CT molecular complexity index is 1030. The summed E-state index contributed by atoms with van der Waals surface area (Å²) < 4.78 is 28.8. The average Bonchev–Trinajstić information content (AvgIpc) is 2.70. The number of hydrogen-bond acceptors (Lipinski definition) is 2. The van der Waals surface area contributed by atoms with E-state index in [0.717, 1.165) is 18.4 Å². The maximum Gasteiger partial charge on any atom is 0.268 e. The fourth-order valence-electron chi connectivity index (χ4n) is 3.72. The smallest absolute Gasteiger partial charge is 0.235 e. The van der Waals surface area contributed by atoms with Crippen LogP contribution in [0, 0.1) is 18.8 Å². The van der Waals surface area contributed by atoms with E-state index < -0.39 is 10.0 Å². The van der Waals surface area contributed by atoms with Crippen LogP contribution < -0.4 is 4.31 Å². The van der Waals surface area contributed by atoms with Gasteiger partial charge in [-0.05, 0) is 79.1 Å². The lowest BCUT2D eigenvalue weighted by Gasteiger charge is -2.25. The van der Waals surface area contributed by atoms with Crippen LogP contribution in [0.1, 0.15) is 44.4 Å². The van der Waals surface area contributed by atoms with Crippen LogP contribution in [0.2, 0.25) is 0 Å². The SMILES string of the molecule is Cc1ccc(S(=O)(=O)N(c2ccc(CC(C)C)cc2)c2ccc(CC(C)C)cc2)cc1. The summed E-state index contributed by atoms with van der Waals surface area (Å²) in [4.78, 5) is 0.288. The summed E-state index contributed by atoms with van der Waals surface area (Å²) >= 11 is 0. The van der Waals surface area contributed by atoms with Gasteiger partial charge in [-0.15, -0.1) is 0 Å². The van der Waals surface area contributed by atoms with E-state index >= 15 is 0 Å². The van der Waals surface area contributed by atoms with Gasteiger partial charge in [-0.3, -0.25) is 0 Å². The Hall–Kier alpha value is -2.59. The lowest BCUT2D eigenvalue weighted by Crippen LogP contribution is -2.26. The van der Waals surface area contributed by atoms with Crippen molar-refractivity contribution in [2.45, 2.75) is 52.4 Å². The Morgan fingerprint density at radius 1 is 0.645 bits per heavy atom. The molecule has 0 aliphatic heterocycles. The van der Waals surface area contributed by atoms with Crippen molar-refractivity contribution in [1.82, 2.24) is 0 Å². The van der Waals surface area contributed by atoms with Gasteiger partial charge in [0.05, 0.1) is 16.3 Å². The maximum atomic E-state index is 13.7. The van der Waals surface area contributed by atoms with Crippen molar-refractivity contribution in [3.8, 4) is 0 Å². The van der Waals surface area contributed by atoms with Gasteiger partial charge in [0.15, 0.2) is 0 Å². The van der Waals surface area contributed by atoms with E-state index in [0.29, 0.717) is 23.2 Å². The van der Waals surface area contributed by atoms with Crippen LogP contribution in [0.15, 0.2) is 77.7 Å². The topological polar surface area (TPSA) is 37.4 Å². The van der Waals surface area contributed by atoms with E-state index in [9.17, 15) is 8.42 Å². The summed E-state index contributed by atoms with van der Waals surface area (Å²) in [6.07, 6.45) is 1.93. The van der Waals surface area contributed by atoms with Crippen LogP contribution in [0.25, 0.3) is 0 Å². The molecule has 0 fully saturated rings. The van der Waals surface area contributed by atoms with Gasteiger partial charge < -0.3 is 0 Å². The Morgan fingerprint density at radius 3 is 1.39 bits per heavy atom. The monoisotopic (exact) mass is 435 g/mol. The number of nitrogens with zero attached hydrogens (tertiary/aromatic N) is 1. The Morgan fingerprint density at radius 2 is 1.03 bits per heavy atom. The van der Waals surface area contributed by atoms with Crippen LogP contribution in [-0.2, 0) is 22.9 Å². The van der Waals surface area contributed by atoms with Crippen molar-refractivity contribution in [2.75, 3.05) is 4.31 Å². The van der Waals surface area contributed by atoms with Crippen LogP contribution in [0.5, 0.6) is 0 Å². The van der Waals surface area contributed by atoms with Crippen LogP contribution in [0.3, 0.4) is 0 Å². The zero-order chi connectivity index (χ0) is 22.6. The molecule has 3 aromatic rings. The van der Waals surface area contributed by atoms with Crippen molar-refractivity contribution in [2.24, 2.45) is 11.8 Å². The van der Waals surface area contributed by atoms with Crippen molar-refractivity contribution in [1.29, 1.82) is 0 Å². The molecule has 0 atom stereocenters. The normalized spacial score (nSPS) is 11.8. The first kappa shape index (κ1) is 23.1. The molecule has 0 saturated heterocycles. The summed E-state index contributed by atoms with van der Waals surface area (Å²) in [5.74, 6) is 1.10. The van der Waals surface area contributed by atoms with Crippen LogP contribution >= 0.6 is 0 Å². The molecule has 0 unspecified atom stereocenters. The second-order valence-corrected chi connectivity index (χ2v) is 10.9. The summed E-state index contributed by atoms with van der Waals surface area (Å²) in [5.41, 5.74) is 4.73. The van der Waals surface area contributed by atoms with Gasteiger partial charge >= 0.3 is 0 Å². The molecule has 0 aliphatic rings. The molecule has 0 bridgehead atoms. The van der Waals surface area contributed by atoms with Crippen molar-refractivity contribution in [3.63, 3.8) is 0 Å². The van der Waals surface area contributed by atoms with E-state index in [-0.39, 0.29) is 4.90 Å². The lowest BCUT2D eigenvalue weighted by atomic mass is 10.0. The second kappa shape index (κ2) is 9.69. The molecule has 0 heterocycles. The predicted octanol–water partition coefficient (Wildman–Crippen LogP) is 6.92. The van der Waals surface area contributed by atoms with Gasteiger partial charge in [0.2, 0.25) is 0 Å². The van der Waals surface area contributed by atoms with Gasteiger partial charge in [0.25, 0.3) is 10.0 Å². The molecule has 3 nitrogen and oxygen atoms in total. The zero-order valence-electron chi connectivity index (χ0n) is 19.2. The molecule has 0 aliphatic carbocycles. The maximum absolute atomic E-state index is 13.7. The molecule has 164 valence electrons. The van der Waals surface area contributed by atoms with E-state index in [2.05, 4.69) is 27.7 Å². The number of benzene rings is 3. The molecule has 0 N–H and O–H groups in total. The van der Waals surface area contributed by atoms with Crippen molar-refractivity contribution in [3.05, 3.63) is 89.5 Å². The van der Waals surface area contributed by atoms with Crippen molar-refractivity contribution < 1.29 is 8.42 Å². The molecule has 0 radical (unpaired) electrons. The molecule has 4 heteroatoms.